The fourth-order valence-electron chi connectivity index (χ4n) is 1.64. The lowest BCUT2D eigenvalue weighted by molar-refractivity contribution is 0.629. The minimum absolute atomic E-state index is 0.296. The average Bonchev–Trinajstić information content (AvgIpc) is 2.81. The minimum atomic E-state index is -0.296. The Hall–Kier alpha value is -2.30. The standard InChI is InChI=1S/C11H7FN4/c12-8-1-2-9-10(5-8)14-4-3-11(9)16-7-13-6-15-16/h1-7H. The van der Waals surface area contributed by atoms with Crippen LogP contribution in [0.3, 0.4) is 0 Å². The first-order valence-electron chi connectivity index (χ1n) is 4.74. The van der Waals surface area contributed by atoms with Gasteiger partial charge in [-0.3, -0.25) is 4.98 Å². The van der Waals surface area contributed by atoms with Gasteiger partial charge in [0.25, 0.3) is 0 Å². The van der Waals surface area contributed by atoms with Crippen LogP contribution in [-0.2, 0) is 0 Å². The molecular weight excluding hydrogens is 207 g/mol. The fourth-order valence-corrected chi connectivity index (χ4v) is 1.64. The normalized spacial score (nSPS) is 10.8. The molecule has 1 aromatic carbocycles. The Morgan fingerprint density at radius 2 is 2.12 bits per heavy atom. The zero-order chi connectivity index (χ0) is 11.0. The van der Waals surface area contributed by atoms with E-state index in [-0.39, 0.29) is 5.82 Å². The molecule has 0 amide bonds. The van der Waals surface area contributed by atoms with Crippen LogP contribution in [0.4, 0.5) is 4.39 Å². The van der Waals surface area contributed by atoms with E-state index < -0.39 is 0 Å². The van der Waals surface area contributed by atoms with Gasteiger partial charge in [0.1, 0.15) is 18.5 Å². The van der Waals surface area contributed by atoms with Gasteiger partial charge in [-0.15, -0.1) is 0 Å². The second kappa shape index (κ2) is 3.37. The van der Waals surface area contributed by atoms with Gasteiger partial charge in [-0.25, -0.2) is 14.1 Å². The lowest BCUT2D eigenvalue weighted by Crippen LogP contribution is -1.96. The number of aromatic nitrogens is 4. The lowest BCUT2D eigenvalue weighted by Gasteiger charge is -2.04. The molecule has 5 heteroatoms. The van der Waals surface area contributed by atoms with Crippen molar-refractivity contribution in [2.24, 2.45) is 0 Å². The molecule has 0 radical (unpaired) electrons. The summed E-state index contributed by atoms with van der Waals surface area (Å²) >= 11 is 0. The van der Waals surface area contributed by atoms with Crippen molar-refractivity contribution in [3.8, 4) is 5.69 Å². The molecule has 0 aliphatic rings. The highest BCUT2D eigenvalue weighted by Crippen LogP contribution is 2.20. The summed E-state index contributed by atoms with van der Waals surface area (Å²) in [6.45, 7) is 0. The van der Waals surface area contributed by atoms with E-state index in [4.69, 9.17) is 0 Å². The van der Waals surface area contributed by atoms with E-state index in [1.807, 2.05) is 6.07 Å². The van der Waals surface area contributed by atoms with Crippen molar-refractivity contribution in [1.82, 2.24) is 19.7 Å². The molecule has 16 heavy (non-hydrogen) atoms. The SMILES string of the molecule is Fc1ccc2c(-n3cncn3)ccnc2c1. The predicted molar refractivity (Wildman–Crippen MR) is 56.6 cm³/mol. The Bertz CT molecular complexity index is 634. The summed E-state index contributed by atoms with van der Waals surface area (Å²) in [5.41, 5.74) is 1.44. The van der Waals surface area contributed by atoms with E-state index in [9.17, 15) is 4.39 Å². The molecule has 0 bridgehead atoms. The van der Waals surface area contributed by atoms with Gasteiger partial charge in [-0.05, 0) is 18.2 Å². The molecule has 4 nitrogen and oxygen atoms in total. The van der Waals surface area contributed by atoms with Crippen LogP contribution in [0.5, 0.6) is 0 Å². The summed E-state index contributed by atoms with van der Waals surface area (Å²) in [7, 11) is 0. The molecular formula is C11H7FN4. The number of rotatable bonds is 1. The van der Waals surface area contributed by atoms with Gasteiger partial charge in [0.2, 0.25) is 0 Å². The number of pyridine rings is 1. The Morgan fingerprint density at radius 3 is 2.94 bits per heavy atom. The second-order valence-electron chi connectivity index (χ2n) is 3.33. The third-order valence-corrected chi connectivity index (χ3v) is 2.35. The zero-order valence-electron chi connectivity index (χ0n) is 8.21. The number of benzene rings is 1. The maximum atomic E-state index is 13.0. The summed E-state index contributed by atoms with van der Waals surface area (Å²) < 4.78 is 14.7. The fraction of sp³-hybridized carbons (Fsp3) is 0. The molecule has 0 aliphatic heterocycles. The molecule has 0 aliphatic carbocycles. The summed E-state index contributed by atoms with van der Waals surface area (Å²) in [4.78, 5) is 7.99. The maximum Gasteiger partial charge on any atom is 0.138 e. The van der Waals surface area contributed by atoms with Gasteiger partial charge in [0.05, 0.1) is 11.2 Å². The third-order valence-electron chi connectivity index (χ3n) is 2.35. The largest absolute Gasteiger partial charge is 0.256 e. The van der Waals surface area contributed by atoms with Crippen molar-refractivity contribution in [3.63, 3.8) is 0 Å². The quantitative estimate of drug-likeness (QED) is 0.621. The number of hydrogen-bond donors (Lipinski definition) is 0. The Kier molecular flexibility index (Phi) is 1.89. The van der Waals surface area contributed by atoms with Gasteiger partial charge in [-0.1, -0.05) is 0 Å². The van der Waals surface area contributed by atoms with E-state index in [1.165, 1.54) is 18.5 Å². The molecule has 0 spiro atoms. The first-order valence-corrected chi connectivity index (χ1v) is 4.74. The van der Waals surface area contributed by atoms with Crippen LogP contribution < -0.4 is 0 Å². The van der Waals surface area contributed by atoms with Crippen LogP contribution in [0.2, 0.25) is 0 Å². The topological polar surface area (TPSA) is 43.6 Å². The smallest absolute Gasteiger partial charge is 0.138 e. The molecule has 2 aromatic heterocycles. The number of halogens is 1. The van der Waals surface area contributed by atoms with Crippen LogP contribution in [0.25, 0.3) is 16.6 Å². The van der Waals surface area contributed by atoms with E-state index in [1.54, 1.807) is 23.3 Å². The highest BCUT2D eigenvalue weighted by molar-refractivity contribution is 5.86. The van der Waals surface area contributed by atoms with Crippen molar-refractivity contribution in [2.45, 2.75) is 0 Å². The average molecular weight is 214 g/mol. The molecule has 0 atom stereocenters. The Labute approximate surface area is 90.4 Å². The Balaban J connectivity index is 2.34. The first-order chi connectivity index (χ1) is 7.84. The van der Waals surface area contributed by atoms with E-state index in [0.29, 0.717) is 5.52 Å². The van der Waals surface area contributed by atoms with Gasteiger partial charge in [0.15, 0.2) is 0 Å². The number of nitrogens with zero attached hydrogens (tertiary/aromatic N) is 4. The van der Waals surface area contributed by atoms with Crippen molar-refractivity contribution in [2.75, 3.05) is 0 Å². The van der Waals surface area contributed by atoms with Gasteiger partial charge >= 0.3 is 0 Å². The highest BCUT2D eigenvalue weighted by atomic mass is 19.1. The zero-order valence-corrected chi connectivity index (χ0v) is 8.21. The van der Waals surface area contributed by atoms with Gasteiger partial charge < -0.3 is 0 Å². The summed E-state index contributed by atoms with van der Waals surface area (Å²) in [5, 5.41) is 4.89. The van der Waals surface area contributed by atoms with E-state index >= 15 is 0 Å². The summed E-state index contributed by atoms with van der Waals surface area (Å²) in [6.07, 6.45) is 4.67. The predicted octanol–water partition coefficient (Wildman–Crippen LogP) is 1.95. The summed E-state index contributed by atoms with van der Waals surface area (Å²) in [6, 6.07) is 6.31. The minimum Gasteiger partial charge on any atom is -0.256 e. The van der Waals surface area contributed by atoms with Crippen molar-refractivity contribution >= 4 is 10.9 Å². The first kappa shape index (κ1) is 8.96. The molecule has 0 saturated heterocycles. The van der Waals surface area contributed by atoms with Crippen molar-refractivity contribution < 1.29 is 4.39 Å². The lowest BCUT2D eigenvalue weighted by atomic mass is 10.2. The Morgan fingerprint density at radius 1 is 1.19 bits per heavy atom. The third kappa shape index (κ3) is 1.33. The van der Waals surface area contributed by atoms with Crippen LogP contribution in [0.1, 0.15) is 0 Å². The van der Waals surface area contributed by atoms with E-state index in [2.05, 4.69) is 15.1 Å². The molecule has 0 N–H and O–H groups in total. The second-order valence-corrected chi connectivity index (χ2v) is 3.33. The van der Waals surface area contributed by atoms with Crippen molar-refractivity contribution in [1.29, 1.82) is 0 Å². The van der Waals surface area contributed by atoms with Crippen LogP contribution in [0, 0.1) is 5.82 Å². The monoisotopic (exact) mass is 214 g/mol. The molecule has 3 rings (SSSR count). The van der Waals surface area contributed by atoms with Gasteiger partial charge in [-0.2, -0.15) is 5.10 Å². The van der Waals surface area contributed by atoms with Crippen LogP contribution in [-0.4, -0.2) is 19.7 Å². The highest BCUT2D eigenvalue weighted by Gasteiger charge is 2.04. The molecule has 3 aromatic rings. The molecule has 0 saturated carbocycles. The maximum absolute atomic E-state index is 13.0. The molecule has 2 heterocycles. The van der Waals surface area contributed by atoms with Crippen molar-refractivity contribution in [3.05, 3.63) is 48.9 Å². The summed E-state index contributed by atoms with van der Waals surface area (Å²) in [5.74, 6) is -0.296. The van der Waals surface area contributed by atoms with Crippen LogP contribution >= 0.6 is 0 Å². The molecule has 0 fully saturated rings. The number of hydrogen-bond acceptors (Lipinski definition) is 3. The molecule has 78 valence electrons. The molecule has 0 unspecified atom stereocenters. The van der Waals surface area contributed by atoms with E-state index in [0.717, 1.165) is 11.1 Å². The van der Waals surface area contributed by atoms with Crippen LogP contribution in [0.15, 0.2) is 43.1 Å². The van der Waals surface area contributed by atoms with Gasteiger partial charge in [0, 0.05) is 17.6 Å². The number of fused-ring (bicyclic) bond motifs is 1.